The molecule has 1 aromatic heterocycles. The molecule has 0 bridgehead atoms. The molecule has 176 valence electrons. The maximum absolute atomic E-state index is 13.4. The summed E-state index contributed by atoms with van der Waals surface area (Å²) in [4.78, 5) is 31.6. The molecule has 1 aliphatic rings. The molecule has 3 N–H and O–H groups in total. The number of hydrogen-bond acceptors (Lipinski definition) is 5. The van der Waals surface area contributed by atoms with Crippen molar-refractivity contribution >= 4 is 17.8 Å². The highest BCUT2D eigenvalue weighted by Gasteiger charge is 2.32. The first kappa shape index (κ1) is 24.1. The van der Waals surface area contributed by atoms with E-state index in [9.17, 15) is 31.5 Å². The van der Waals surface area contributed by atoms with Crippen molar-refractivity contribution in [1.82, 2.24) is 20.9 Å². The lowest BCUT2D eigenvalue weighted by Crippen LogP contribution is -2.40. The number of rotatable bonds is 5. The Balaban J connectivity index is 1.74. The Hall–Kier alpha value is -3.57. The minimum Gasteiger partial charge on any atom is -0.352 e. The predicted octanol–water partition coefficient (Wildman–Crippen LogP) is 3.49. The highest BCUT2D eigenvalue weighted by Crippen LogP contribution is 2.31. The van der Waals surface area contributed by atoms with Crippen LogP contribution in [-0.2, 0) is 17.5 Å². The minimum atomic E-state index is -4.46. The molecule has 1 aromatic carbocycles. The van der Waals surface area contributed by atoms with Gasteiger partial charge in [-0.3, -0.25) is 19.9 Å². The lowest BCUT2D eigenvalue weighted by molar-refractivity contribution is -0.137. The SMILES string of the molecule is CC(=O)NCc1cnc(C(F)F)c(C(=O)NC2=NC(C)C(c3ccc(C(F)(F)F)cc3)N2)c1. The number of halogens is 5. The molecule has 0 saturated carbocycles. The number of alkyl halides is 5. The Morgan fingerprint density at radius 3 is 2.42 bits per heavy atom. The predicted molar refractivity (Wildman–Crippen MR) is 108 cm³/mol. The van der Waals surface area contributed by atoms with Crippen LogP contribution in [0, 0.1) is 0 Å². The molecule has 7 nitrogen and oxygen atoms in total. The van der Waals surface area contributed by atoms with Crippen LogP contribution in [0.3, 0.4) is 0 Å². The van der Waals surface area contributed by atoms with Crippen LogP contribution in [0.4, 0.5) is 22.0 Å². The number of nitrogens with zero attached hydrogens (tertiary/aromatic N) is 2. The highest BCUT2D eigenvalue weighted by molar-refractivity contribution is 6.07. The third kappa shape index (κ3) is 5.82. The Kier molecular flexibility index (Phi) is 6.94. The molecule has 2 heterocycles. The lowest BCUT2D eigenvalue weighted by atomic mass is 10.0. The van der Waals surface area contributed by atoms with E-state index in [4.69, 9.17) is 0 Å². The van der Waals surface area contributed by atoms with Crippen molar-refractivity contribution in [1.29, 1.82) is 0 Å². The van der Waals surface area contributed by atoms with Crippen LogP contribution in [0.5, 0.6) is 0 Å². The van der Waals surface area contributed by atoms with Gasteiger partial charge in [0.2, 0.25) is 5.91 Å². The summed E-state index contributed by atoms with van der Waals surface area (Å²) in [5.41, 5.74) is -1.06. The van der Waals surface area contributed by atoms with Gasteiger partial charge in [0.05, 0.1) is 23.2 Å². The summed E-state index contributed by atoms with van der Waals surface area (Å²) in [5, 5.41) is 7.79. The van der Waals surface area contributed by atoms with Gasteiger partial charge < -0.3 is 10.6 Å². The topological polar surface area (TPSA) is 95.5 Å². The Morgan fingerprint density at radius 2 is 1.85 bits per heavy atom. The molecule has 0 spiro atoms. The third-order valence-electron chi connectivity index (χ3n) is 4.90. The summed E-state index contributed by atoms with van der Waals surface area (Å²) < 4.78 is 65.1. The second kappa shape index (κ2) is 9.51. The Labute approximate surface area is 185 Å². The largest absolute Gasteiger partial charge is 0.416 e. The minimum absolute atomic E-state index is 0.00163. The van der Waals surface area contributed by atoms with E-state index < -0.39 is 41.8 Å². The maximum Gasteiger partial charge on any atom is 0.416 e. The molecule has 12 heteroatoms. The fraction of sp³-hybridized carbons (Fsp3) is 0.333. The summed E-state index contributed by atoms with van der Waals surface area (Å²) in [7, 11) is 0. The first-order valence-electron chi connectivity index (χ1n) is 9.80. The van der Waals surface area contributed by atoms with E-state index in [0.717, 1.165) is 18.3 Å². The molecule has 2 atom stereocenters. The molecule has 0 saturated heterocycles. The third-order valence-corrected chi connectivity index (χ3v) is 4.90. The standard InChI is InChI=1S/C21H20F5N5O2/c1-10-16(13-3-5-14(6-4-13)21(24,25)26)30-20(29-10)31-19(33)15-7-12(8-27-11(2)32)9-28-17(15)18(22)23/h3-7,9-10,16,18H,8H2,1-2H3,(H,27,32)(H2,29,30,31,33). The fourth-order valence-electron chi connectivity index (χ4n) is 3.27. The number of carbonyl (C=O) groups is 2. The van der Waals surface area contributed by atoms with Crippen molar-refractivity contribution in [2.75, 3.05) is 0 Å². The Bertz CT molecular complexity index is 1070. The van der Waals surface area contributed by atoms with Gasteiger partial charge in [0.25, 0.3) is 12.3 Å². The molecule has 2 amide bonds. The molecule has 33 heavy (non-hydrogen) atoms. The van der Waals surface area contributed by atoms with Gasteiger partial charge in [-0.05, 0) is 36.2 Å². The van der Waals surface area contributed by atoms with Crippen LogP contribution in [0.25, 0.3) is 0 Å². The summed E-state index contributed by atoms with van der Waals surface area (Å²) in [6.45, 7) is 2.97. The van der Waals surface area contributed by atoms with E-state index in [-0.39, 0.29) is 24.0 Å². The van der Waals surface area contributed by atoms with Crippen LogP contribution >= 0.6 is 0 Å². The number of aliphatic imine (C=N–C) groups is 1. The normalized spacial score (nSPS) is 18.0. The fourth-order valence-corrected chi connectivity index (χ4v) is 3.27. The molecule has 0 radical (unpaired) electrons. The van der Waals surface area contributed by atoms with Crippen molar-refractivity contribution in [3.05, 3.63) is 64.5 Å². The van der Waals surface area contributed by atoms with Crippen LogP contribution in [0.2, 0.25) is 0 Å². The van der Waals surface area contributed by atoms with Gasteiger partial charge in [0, 0.05) is 19.7 Å². The number of benzene rings is 1. The van der Waals surface area contributed by atoms with E-state index in [1.165, 1.54) is 25.1 Å². The van der Waals surface area contributed by atoms with Crippen molar-refractivity contribution < 1.29 is 31.5 Å². The van der Waals surface area contributed by atoms with Gasteiger partial charge in [0.1, 0.15) is 5.69 Å². The van der Waals surface area contributed by atoms with Crippen molar-refractivity contribution in [3.8, 4) is 0 Å². The average Bonchev–Trinajstić information content (AvgIpc) is 3.11. The van der Waals surface area contributed by atoms with E-state index in [0.29, 0.717) is 11.1 Å². The smallest absolute Gasteiger partial charge is 0.352 e. The van der Waals surface area contributed by atoms with Crippen LogP contribution in [0.1, 0.15) is 59.1 Å². The molecule has 0 fully saturated rings. The number of pyridine rings is 1. The van der Waals surface area contributed by atoms with Gasteiger partial charge in [-0.1, -0.05) is 12.1 Å². The van der Waals surface area contributed by atoms with Gasteiger partial charge in [-0.2, -0.15) is 13.2 Å². The number of amides is 2. The van der Waals surface area contributed by atoms with E-state index in [1.54, 1.807) is 6.92 Å². The second-order valence-corrected chi connectivity index (χ2v) is 7.40. The van der Waals surface area contributed by atoms with Crippen LogP contribution < -0.4 is 16.0 Å². The number of hydrogen-bond donors (Lipinski definition) is 3. The van der Waals surface area contributed by atoms with E-state index in [2.05, 4.69) is 25.9 Å². The highest BCUT2D eigenvalue weighted by atomic mass is 19.4. The summed E-state index contributed by atoms with van der Waals surface area (Å²) in [6.07, 6.45) is -6.34. The summed E-state index contributed by atoms with van der Waals surface area (Å²) in [5.74, 6) is -1.24. The summed E-state index contributed by atoms with van der Waals surface area (Å²) >= 11 is 0. The van der Waals surface area contributed by atoms with Crippen molar-refractivity contribution in [3.63, 3.8) is 0 Å². The Morgan fingerprint density at radius 1 is 1.18 bits per heavy atom. The van der Waals surface area contributed by atoms with Crippen LogP contribution in [0.15, 0.2) is 41.5 Å². The molecule has 3 rings (SSSR count). The van der Waals surface area contributed by atoms with Crippen molar-refractivity contribution in [2.24, 2.45) is 4.99 Å². The zero-order chi connectivity index (χ0) is 24.3. The summed E-state index contributed by atoms with van der Waals surface area (Å²) in [6, 6.07) is 4.73. The number of aromatic nitrogens is 1. The molecule has 1 aliphatic heterocycles. The number of carbonyl (C=O) groups excluding carboxylic acids is 2. The van der Waals surface area contributed by atoms with Gasteiger partial charge in [-0.25, -0.2) is 13.8 Å². The molecular weight excluding hydrogens is 449 g/mol. The molecule has 2 aromatic rings. The second-order valence-electron chi connectivity index (χ2n) is 7.40. The molecular formula is C21H20F5N5O2. The number of nitrogens with one attached hydrogen (secondary N) is 3. The van der Waals surface area contributed by atoms with E-state index >= 15 is 0 Å². The first-order chi connectivity index (χ1) is 15.5. The first-order valence-corrected chi connectivity index (χ1v) is 9.80. The zero-order valence-corrected chi connectivity index (χ0v) is 17.5. The van der Waals surface area contributed by atoms with Gasteiger partial charge >= 0.3 is 6.18 Å². The zero-order valence-electron chi connectivity index (χ0n) is 17.5. The van der Waals surface area contributed by atoms with Gasteiger partial charge in [-0.15, -0.1) is 0 Å². The van der Waals surface area contributed by atoms with E-state index in [1.807, 2.05) is 0 Å². The number of guanidine groups is 1. The maximum atomic E-state index is 13.4. The average molecular weight is 469 g/mol. The van der Waals surface area contributed by atoms with Crippen LogP contribution in [-0.4, -0.2) is 28.8 Å². The molecule has 2 unspecified atom stereocenters. The molecule has 0 aliphatic carbocycles. The van der Waals surface area contributed by atoms with Crippen molar-refractivity contribution in [2.45, 2.75) is 45.1 Å². The monoisotopic (exact) mass is 469 g/mol. The quantitative estimate of drug-likeness (QED) is 0.585. The van der Waals surface area contributed by atoms with Gasteiger partial charge in [0.15, 0.2) is 5.96 Å². The lowest BCUT2D eigenvalue weighted by Gasteiger charge is -2.17.